The summed E-state index contributed by atoms with van der Waals surface area (Å²) in [5.74, 6) is 0. The Morgan fingerprint density at radius 3 is 2.32 bits per heavy atom. The molecule has 5 nitrogen and oxygen atoms in total. The zero-order valence-electron chi connectivity index (χ0n) is 11.8. The van der Waals surface area contributed by atoms with Gasteiger partial charge in [-0.2, -0.15) is 0 Å². The minimum Gasteiger partial charge on any atom is -0.352 e. The Balaban J connectivity index is 2.50. The van der Waals surface area contributed by atoms with Gasteiger partial charge in [-0.05, 0) is 35.4 Å². The highest BCUT2D eigenvalue weighted by atomic mass is 35.5. The van der Waals surface area contributed by atoms with E-state index in [4.69, 9.17) is 17.3 Å². The standard InChI is InChI=1S/C15H15ClN2O3S/c1-22(20,21)13-4-2-3-11(9-13)14(18-15(17)19)10-5-7-12(16)8-6-10/h2-9,14H,1H3,(H3,17,18,19). The van der Waals surface area contributed by atoms with Crippen molar-refractivity contribution >= 4 is 27.5 Å². The normalized spacial score (nSPS) is 12.6. The summed E-state index contributed by atoms with van der Waals surface area (Å²) < 4.78 is 23.4. The SMILES string of the molecule is CS(=O)(=O)c1cccc(C(NC(N)=O)c2ccc(Cl)cc2)c1. The van der Waals surface area contributed by atoms with Gasteiger partial charge in [0, 0.05) is 11.3 Å². The fourth-order valence-corrected chi connectivity index (χ4v) is 2.88. The highest BCUT2D eigenvalue weighted by molar-refractivity contribution is 7.90. The van der Waals surface area contributed by atoms with Gasteiger partial charge in [-0.3, -0.25) is 0 Å². The minimum absolute atomic E-state index is 0.176. The Bertz CT molecular complexity index is 789. The maximum atomic E-state index is 11.7. The molecule has 2 aromatic rings. The van der Waals surface area contributed by atoms with Gasteiger partial charge < -0.3 is 11.1 Å². The van der Waals surface area contributed by atoms with Crippen LogP contribution in [0.4, 0.5) is 4.79 Å². The molecule has 1 unspecified atom stereocenters. The third-order valence-electron chi connectivity index (χ3n) is 3.11. The van der Waals surface area contributed by atoms with E-state index in [1.807, 2.05) is 0 Å². The second-order valence-electron chi connectivity index (χ2n) is 4.84. The molecule has 0 aliphatic carbocycles. The quantitative estimate of drug-likeness (QED) is 0.897. The summed E-state index contributed by atoms with van der Waals surface area (Å²) in [7, 11) is -3.34. The lowest BCUT2D eigenvalue weighted by molar-refractivity contribution is 0.247. The molecule has 0 saturated heterocycles. The minimum atomic E-state index is -3.34. The Kier molecular flexibility index (Phi) is 4.73. The summed E-state index contributed by atoms with van der Waals surface area (Å²) in [4.78, 5) is 11.4. The molecule has 3 N–H and O–H groups in total. The molecule has 7 heteroatoms. The van der Waals surface area contributed by atoms with Crippen molar-refractivity contribution in [2.24, 2.45) is 5.73 Å². The monoisotopic (exact) mass is 338 g/mol. The number of primary amides is 1. The van der Waals surface area contributed by atoms with Crippen LogP contribution < -0.4 is 11.1 Å². The predicted octanol–water partition coefficient (Wildman–Crippen LogP) is 2.50. The van der Waals surface area contributed by atoms with E-state index >= 15 is 0 Å². The number of benzene rings is 2. The van der Waals surface area contributed by atoms with Gasteiger partial charge in [0.2, 0.25) is 0 Å². The van der Waals surface area contributed by atoms with Crippen LogP contribution in [-0.4, -0.2) is 20.7 Å². The van der Waals surface area contributed by atoms with Crippen LogP contribution in [0.3, 0.4) is 0 Å². The van der Waals surface area contributed by atoms with E-state index in [9.17, 15) is 13.2 Å². The molecule has 0 heterocycles. The molecule has 0 saturated carbocycles. The van der Waals surface area contributed by atoms with E-state index in [0.29, 0.717) is 10.6 Å². The van der Waals surface area contributed by atoms with Gasteiger partial charge in [-0.1, -0.05) is 35.9 Å². The lowest BCUT2D eigenvalue weighted by Gasteiger charge is -2.19. The number of hydrogen-bond acceptors (Lipinski definition) is 3. The fraction of sp³-hybridized carbons (Fsp3) is 0.133. The highest BCUT2D eigenvalue weighted by Gasteiger charge is 2.17. The first kappa shape index (κ1) is 16.3. The summed E-state index contributed by atoms with van der Waals surface area (Å²) in [6, 6.07) is 12.0. The number of sulfone groups is 1. The number of amides is 2. The van der Waals surface area contributed by atoms with Gasteiger partial charge in [0.25, 0.3) is 0 Å². The lowest BCUT2D eigenvalue weighted by Crippen LogP contribution is -2.33. The van der Waals surface area contributed by atoms with E-state index in [1.54, 1.807) is 36.4 Å². The van der Waals surface area contributed by atoms with Gasteiger partial charge in [0.15, 0.2) is 9.84 Å². The van der Waals surface area contributed by atoms with E-state index < -0.39 is 21.9 Å². The molecular formula is C15H15ClN2O3S. The second kappa shape index (κ2) is 6.37. The summed E-state index contributed by atoms with van der Waals surface area (Å²) >= 11 is 5.86. The number of rotatable bonds is 4. The molecule has 0 radical (unpaired) electrons. The smallest absolute Gasteiger partial charge is 0.312 e. The Morgan fingerprint density at radius 2 is 1.77 bits per heavy atom. The Morgan fingerprint density at radius 1 is 1.14 bits per heavy atom. The van der Waals surface area contributed by atoms with Crippen LogP contribution in [0.25, 0.3) is 0 Å². The molecule has 2 aromatic carbocycles. The predicted molar refractivity (Wildman–Crippen MR) is 85.6 cm³/mol. The topological polar surface area (TPSA) is 89.3 Å². The second-order valence-corrected chi connectivity index (χ2v) is 7.29. The zero-order chi connectivity index (χ0) is 16.3. The van der Waals surface area contributed by atoms with Crippen molar-refractivity contribution in [1.82, 2.24) is 5.32 Å². The van der Waals surface area contributed by atoms with Crippen molar-refractivity contribution in [3.05, 3.63) is 64.7 Å². The first-order valence-electron chi connectivity index (χ1n) is 6.39. The number of carbonyl (C=O) groups is 1. The van der Waals surface area contributed by atoms with E-state index in [2.05, 4.69) is 5.32 Å². The van der Waals surface area contributed by atoms with Crippen molar-refractivity contribution in [3.63, 3.8) is 0 Å². The van der Waals surface area contributed by atoms with Crippen molar-refractivity contribution in [1.29, 1.82) is 0 Å². The Labute approximate surface area is 134 Å². The van der Waals surface area contributed by atoms with E-state index in [0.717, 1.165) is 11.8 Å². The van der Waals surface area contributed by atoms with Crippen molar-refractivity contribution in [2.45, 2.75) is 10.9 Å². The molecule has 0 aliphatic heterocycles. The molecule has 0 aliphatic rings. The number of urea groups is 1. The first-order chi connectivity index (χ1) is 10.3. The van der Waals surface area contributed by atoms with Crippen LogP contribution in [0.2, 0.25) is 5.02 Å². The summed E-state index contributed by atoms with van der Waals surface area (Å²) in [5.41, 5.74) is 6.59. The molecule has 0 aromatic heterocycles. The number of hydrogen-bond donors (Lipinski definition) is 2. The average molecular weight is 339 g/mol. The molecule has 22 heavy (non-hydrogen) atoms. The van der Waals surface area contributed by atoms with Crippen LogP contribution in [0.5, 0.6) is 0 Å². The zero-order valence-corrected chi connectivity index (χ0v) is 13.4. The Hall–Kier alpha value is -2.05. The van der Waals surface area contributed by atoms with Gasteiger partial charge in [0.05, 0.1) is 10.9 Å². The van der Waals surface area contributed by atoms with Crippen LogP contribution in [0, 0.1) is 0 Å². The molecule has 2 rings (SSSR count). The van der Waals surface area contributed by atoms with E-state index in [1.165, 1.54) is 12.1 Å². The molecule has 2 amide bonds. The molecule has 0 bridgehead atoms. The summed E-state index contributed by atoms with van der Waals surface area (Å²) in [6.45, 7) is 0. The number of nitrogens with two attached hydrogens (primary N) is 1. The van der Waals surface area contributed by atoms with Crippen molar-refractivity contribution in [3.8, 4) is 0 Å². The average Bonchev–Trinajstić information content (AvgIpc) is 2.45. The van der Waals surface area contributed by atoms with Gasteiger partial charge in [-0.15, -0.1) is 0 Å². The molecule has 116 valence electrons. The highest BCUT2D eigenvalue weighted by Crippen LogP contribution is 2.25. The maximum absolute atomic E-state index is 11.7. The van der Waals surface area contributed by atoms with Crippen molar-refractivity contribution < 1.29 is 13.2 Å². The molecular weight excluding hydrogens is 324 g/mol. The fourth-order valence-electron chi connectivity index (χ4n) is 2.08. The van der Waals surface area contributed by atoms with Gasteiger partial charge in [0.1, 0.15) is 0 Å². The number of carbonyl (C=O) groups excluding carboxylic acids is 1. The van der Waals surface area contributed by atoms with Crippen LogP contribution in [0.15, 0.2) is 53.4 Å². The van der Waals surface area contributed by atoms with Crippen molar-refractivity contribution in [2.75, 3.05) is 6.26 Å². The number of halogens is 1. The third kappa shape index (κ3) is 3.99. The third-order valence-corrected chi connectivity index (χ3v) is 4.47. The molecule has 0 spiro atoms. The largest absolute Gasteiger partial charge is 0.352 e. The van der Waals surface area contributed by atoms with Crippen LogP contribution >= 0.6 is 11.6 Å². The molecule has 0 fully saturated rings. The van der Waals surface area contributed by atoms with Gasteiger partial charge >= 0.3 is 6.03 Å². The number of nitrogens with one attached hydrogen (secondary N) is 1. The van der Waals surface area contributed by atoms with E-state index in [-0.39, 0.29) is 4.90 Å². The summed E-state index contributed by atoms with van der Waals surface area (Å²) in [5, 5.41) is 3.17. The van der Waals surface area contributed by atoms with Gasteiger partial charge in [-0.25, -0.2) is 13.2 Å². The molecule has 1 atom stereocenters. The van der Waals surface area contributed by atoms with Crippen LogP contribution in [-0.2, 0) is 9.84 Å². The van der Waals surface area contributed by atoms with Crippen LogP contribution in [0.1, 0.15) is 17.2 Å². The lowest BCUT2D eigenvalue weighted by atomic mass is 9.99. The maximum Gasteiger partial charge on any atom is 0.312 e. The first-order valence-corrected chi connectivity index (χ1v) is 8.66. The summed E-state index contributed by atoms with van der Waals surface area (Å²) in [6.07, 6.45) is 1.13.